The molecule has 0 amide bonds. The van der Waals surface area contributed by atoms with Crippen molar-refractivity contribution in [2.75, 3.05) is 20.8 Å². The van der Waals surface area contributed by atoms with Gasteiger partial charge in [-0.15, -0.1) is 0 Å². The first-order valence-electron chi connectivity index (χ1n) is 7.28. The number of ether oxygens (including phenoxy) is 2. The van der Waals surface area contributed by atoms with Gasteiger partial charge in [-0.3, -0.25) is 0 Å². The summed E-state index contributed by atoms with van der Waals surface area (Å²) < 4.78 is 10.8. The van der Waals surface area contributed by atoms with Gasteiger partial charge < -0.3 is 14.8 Å². The monoisotopic (exact) mass is 277 g/mol. The highest BCUT2D eigenvalue weighted by molar-refractivity contribution is 5.48. The van der Waals surface area contributed by atoms with Crippen molar-refractivity contribution >= 4 is 0 Å². The standard InChI is InChI=1S/C17H27NO2/c1-16(2,3)18-11-12-10-17(12,4)14-8-7-13(19-5)9-15(14)20-6/h7-9,12,18H,10-11H2,1-6H3. The van der Waals surface area contributed by atoms with Crippen LogP contribution in [0.5, 0.6) is 11.5 Å². The van der Waals surface area contributed by atoms with Crippen LogP contribution in [0.25, 0.3) is 0 Å². The van der Waals surface area contributed by atoms with Gasteiger partial charge in [0.15, 0.2) is 0 Å². The van der Waals surface area contributed by atoms with Crippen LogP contribution in [-0.2, 0) is 5.41 Å². The highest BCUT2D eigenvalue weighted by Gasteiger charge is 2.52. The largest absolute Gasteiger partial charge is 0.497 e. The molecule has 2 unspecified atom stereocenters. The minimum absolute atomic E-state index is 0.174. The van der Waals surface area contributed by atoms with Crippen LogP contribution in [0, 0.1) is 5.92 Å². The van der Waals surface area contributed by atoms with Crippen LogP contribution in [0.1, 0.15) is 39.7 Å². The fraction of sp³-hybridized carbons (Fsp3) is 0.647. The van der Waals surface area contributed by atoms with E-state index in [0.717, 1.165) is 18.0 Å². The molecule has 0 heterocycles. The molecule has 1 fully saturated rings. The van der Waals surface area contributed by atoms with Gasteiger partial charge in [0.05, 0.1) is 14.2 Å². The molecule has 2 atom stereocenters. The van der Waals surface area contributed by atoms with Crippen LogP contribution < -0.4 is 14.8 Å². The summed E-state index contributed by atoms with van der Waals surface area (Å²) in [5.74, 6) is 2.45. The number of hydrogen-bond acceptors (Lipinski definition) is 3. The second kappa shape index (κ2) is 5.28. The summed E-state index contributed by atoms with van der Waals surface area (Å²) in [6.45, 7) is 10.0. The first kappa shape index (κ1) is 15.2. The Balaban J connectivity index is 2.12. The molecule has 1 aromatic rings. The molecule has 3 nitrogen and oxygen atoms in total. The van der Waals surface area contributed by atoms with Crippen molar-refractivity contribution in [1.29, 1.82) is 0 Å². The maximum atomic E-state index is 5.55. The van der Waals surface area contributed by atoms with E-state index >= 15 is 0 Å². The average Bonchev–Trinajstić information content (AvgIpc) is 3.07. The SMILES string of the molecule is COc1ccc(C2(C)CC2CNC(C)(C)C)c(OC)c1. The zero-order valence-corrected chi connectivity index (χ0v) is 13.5. The molecule has 0 bridgehead atoms. The lowest BCUT2D eigenvalue weighted by Gasteiger charge is -2.22. The van der Waals surface area contributed by atoms with Gasteiger partial charge in [-0.25, -0.2) is 0 Å². The van der Waals surface area contributed by atoms with Gasteiger partial charge in [0.1, 0.15) is 11.5 Å². The van der Waals surface area contributed by atoms with E-state index in [4.69, 9.17) is 9.47 Å². The summed E-state index contributed by atoms with van der Waals surface area (Å²) >= 11 is 0. The van der Waals surface area contributed by atoms with Crippen LogP contribution in [0.4, 0.5) is 0 Å². The highest BCUT2D eigenvalue weighted by atomic mass is 16.5. The molecule has 20 heavy (non-hydrogen) atoms. The molecule has 0 saturated heterocycles. The van der Waals surface area contributed by atoms with Crippen LogP contribution in [0.3, 0.4) is 0 Å². The maximum Gasteiger partial charge on any atom is 0.126 e. The van der Waals surface area contributed by atoms with Gasteiger partial charge in [-0.2, -0.15) is 0 Å². The quantitative estimate of drug-likeness (QED) is 0.895. The number of methoxy groups -OCH3 is 2. The molecular weight excluding hydrogens is 250 g/mol. The third kappa shape index (κ3) is 3.09. The lowest BCUT2D eigenvalue weighted by molar-refractivity contribution is 0.382. The normalized spacial score (nSPS) is 25.4. The Labute approximate surface area is 122 Å². The number of benzene rings is 1. The van der Waals surface area contributed by atoms with E-state index in [-0.39, 0.29) is 11.0 Å². The van der Waals surface area contributed by atoms with Gasteiger partial charge >= 0.3 is 0 Å². The van der Waals surface area contributed by atoms with Crippen molar-refractivity contribution in [3.05, 3.63) is 23.8 Å². The van der Waals surface area contributed by atoms with Crippen molar-refractivity contribution in [2.45, 2.75) is 45.1 Å². The predicted octanol–water partition coefficient (Wildman–Crippen LogP) is 3.37. The molecule has 0 spiro atoms. The highest BCUT2D eigenvalue weighted by Crippen LogP contribution is 2.56. The number of hydrogen-bond donors (Lipinski definition) is 1. The van der Waals surface area contributed by atoms with Crippen LogP contribution in [0.15, 0.2) is 18.2 Å². The summed E-state index contributed by atoms with van der Waals surface area (Å²) in [5, 5.41) is 3.60. The van der Waals surface area contributed by atoms with Gasteiger partial charge in [0.2, 0.25) is 0 Å². The molecule has 1 N–H and O–H groups in total. The minimum Gasteiger partial charge on any atom is -0.497 e. The van der Waals surface area contributed by atoms with E-state index < -0.39 is 0 Å². The molecule has 2 rings (SSSR count). The van der Waals surface area contributed by atoms with Gasteiger partial charge in [-0.05, 0) is 45.7 Å². The minimum atomic E-state index is 0.174. The molecule has 3 heteroatoms. The van der Waals surface area contributed by atoms with Gasteiger partial charge in [-0.1, -0.05) is 13.0 Å². The molecule has 1 aliphatic carbocycles. The summed E-state index contributed by atoms with van der Waals surface area (Å²) in [7, 11) is 3.41. The van der Waals surface area contributed by atoms with E-state index in [2.05, 4.69) is 39.1 Å². The third-order valence-corrected chi connectivity index (χ3v) is 4.31. The second-order valence-corrected chi connectivity index (χ2v) is 7.02. The Bertz CT molecular complexity index is 478. The average molecular weight is 277 g/mol. The lowest BCUT2D eigenvalue weighted by atomic mass is 9.94. The Hall–Kier alpha value is -1.22. The Morgan fingerprint density at radius 1 is 1.25 bits per heavy atom. The van der Waals surface area contributed by atoms with Crippen molar-refractivity contribution in [2.24, 2.45) is 5.92 Å². The van der Waals surface area contributed by atoms with E-state index in [0.29, 0.717) is 5.92 Å². The van der Waals surface area contributed by atoms with E-state index in [9.17, 15) is 0 Å². The summed E-state index contributed by atoms with van der Waals surface area (Å²) in [5.41, 5.74) is 1.69. The first-order valence-corrected chi connectivity index (χ1v) is 7.28. The second-order valence-electron chi connectivity index (χ2n) is 7.02. The molecule has 0 aliphatic heterocycles. The molecule has 1 aromatic carbocycles. The topological polar surface area (TPSA) is 30.5 Å². The van der Waals surface area contributed by atoms with Crippen LogP contribution >= 0.6 is 0 Å². The van der Waals surface area contributed by atoms with E-state index in [1.807, 2.05) is 12.1 Å². The zero-order valence-electron chi connectivity index (χ0n) is 13.5. The Kier molecular flexibility index (Phi) is 4.01. The Morgan fingerprint density at radius 3 is 2.50 bits per heavy atom. The molecular formula is C17H27NO2. The fourth-order valence-corrected chi connectivity index (χ4v) is 2.78. The number of rotatable bonds is 5. The first-order chi connectivity index (χ1) is 9.30. The lowest BCUT2D eigenvalue weighted by Crippen LogP contribution is -2.37. The fourth-order valence-electron chi connectivity index (χ4n) is 2.78. The molecule has 1 saturated carbocycles. The zero-order chi connectivity index (χ0) is 15.0. The van der Waals surface area contributed by atoms with Crippen molar-refractivity contribution in [3.8, 4) is 11.5 Å². The maximum absolute atomic E-state index is 5.55. The van der Waals surface area contributed by atoms with Gasteiger partial charge in [0, 0.05) is 22.6 Å². The van der Waals surface area contributed by atoms with Gasteiger partial charge in [0.25, 0.3) is 0 Å². The summed E-state index contributed by atoms with van der Waals surface area (Å²) in [6.07, 6.45) is 1.21. The third-order valence-electron chi connectivity index (χ3n) is 4.31. The number of nitrogens with one attached hydrogen (secondary N) is 1. The van der Waals surface area contributed by atoms with Crippen molar-refractivity contribution in [1.82, 2.24) is 5.32 Å². The van der Waals surface area contributed by atoms with E-state index in [1.54, 1.807) is 14.2 Å². The Morgan fingerprint density at radius 2 is 1.95 bits per heavy atom. The summed E-state index contributed by atoms with van der Waals surface area (Å²) in [4.78, 5) is 0. The van der Waals surface area contributed by atoms with Crippen molar-refractivity contribution in [3.63, 3.8) is 0 Å². The molecule has 112 valence electrons. The molecule has 0 aromatic heterocycles. The van der Waals surface area contributed by atoms with Crippen molar-refractivity contribution < 1.29 is 9.47 Å². The molecule has 1 aliphatic rings. The van der Waals surface area contributed by atoms with E-state index in [1.165, 1.54) is 12.0 Å². The van der Waals surface area contributed by atoms with Crippen LogP contribution in [-0.4, -0.2) is 26.3 Å². The molecule has 0 radical (unpaired) electrons. The smallest absolute Gasteiger partial charge is 0.126 e. The predicted molar refractivity (Wildman–Crippen MR) is 82.8 cm³/mol. The summed E-state index contributed by atoms with van der Waals surface area (Å²) in [6, 6.07) is 6.15. The van der Waals surface area contributed by atoms with Crippen LogP contribution in [0.2, 0.25) is 0 Å².